The van der Waals surface area contributed by atoms with E-state index in [0.717, 1.165) is 37.9 Å². The largest absolute Gasteiger partial charge is 0.409 e. The summed E-state index contributed by atoms with van der Waals surface area (Å²) in [4.78, 5) is 12.1. The fraction of sp³-hybridized carbons (Fsp3) is 0.833. The number of nitrogens with one attached hydrogen (secondary N) is 1. The average Bonchev–Trinajstić information content (AvgIpc) is 2.87. The molecule has 2 rings (SSSR count). The minimum atomic E-state index is -0.00691. The molecule has 102 valence electrons. The number of carbonyl (C=O) groups excluding carboxylic acids is 1. The monoisotopic (exact) mass is 271 g/mol. The first-order chi connectivity index (χ1) is 8.72. The fourth-order valence-corrected chi connectivity index (χ4v) is 3.99. The Kier molecular flexibility index (Phi) is 4.74. The van der Waals surface area contributed by atoms with Crippen LogP contribution in [-0.2, 0) is 4.79 Å². The fourth-order valence-electron chi connectivity index (χ4n) is 2.78. The van der Waals surface area contributed by atoms with Crippen LogP contribution in [0.25, 0.3) is 0 Å². The van der Waals surface area contributed by atoms with E-state index in [-0.39, 0.29) is 29.0 Å². The Morgan fingerprint density at radius 3 is 2.78 bits per heavy atom. The lowest BCUT2D eigenvalue weighted by Crippen LogP contribution is -2.46. The van der Waals surface area contributed by atoms with Gasteiger partial charge in [0.2, 0.25) is 5.91 Å². The van der Waals surface area contributed by atoms with Crippen molar-refractivity contribution in [3.05, 3.63) is 0 Å². The van der Waals surface area contributed by atoms with Gasteiger partial charge in [-0.2, -0.15) is 0 Å². The quantitative estimate of drug-likeness (QED) is 0.312. The highest BCUT2D eigenvalue weighted by Crippen LogP contribution is 2.28. The summed E-state index contributed by atoms with van der Waals surface area (Å²) in [7, 11) is 0. The van der Waals surface area contributed by atoms with Crippen LogP contribution in [0.4, 0.5) is 0 Å². The second kappa shape index (κ2) is 6.31. The van der Waals surface area contributed by atoms with Crippen LogP contribution in [0, 0.1) is 5.92 Å². The molecule has 0 radical (unpaired) electrons. The molecule has 1 aliphatic heterocycles. The van der Waals surface area contributed by atoms with Gasteiger partial charge >= 0.3 is 0 Å². The Balaban J connectivity index is 1.89. The Labute approximate surface area is 112 Å². The van der Waals surface area contributed by atoms with E-state index in [1.807, 2.05) is 0 Å². The number of hydrogen-bond acceptors (Lipinski definition) is 4. The molecular weight excluding hydrogens is 250 g/mol. The van der Waals surface area contributed by atoms with Gasteiger partial charge in [-0.1, -0.05) is 18.0 Å². The lowest BCUT2D eigenvalue weighted by Gasteiger charge is -2.25. The number of thioether (sulfide) groups is 1. The third-order valence-electron chi connectivity index (χ3n) is 3.81. The SMILES string of the molecule is NC(=NO)C1CCCC1NC(=O)C1CCCCS1. The second-order valence-electron chi connectivity index (χ2n) is 5.03. The number of carbonyl (C=O) groups is 1. The molecule has 2 aliphatic rings. The molecule has 5 nitrogen and oxygen atoms in total. The van der Waals surface area contributed by atoms with Crippen molar-refractivity contribution in [1.29, 1.82) is 0 Å². The molecule has 1 aliphatic carbocycles. The predicted molar refractivity (Wildman–Crippen MR) is 72.8 cm³/mol. The first kappa shape index (κ1) is 13.5. The van der Waals surface area contributed by atoms with Crippen molar-refractivity contribution >= 4 is 23.5 Å². The minimum absolute atomic E-state index is 0.00691. The molecule has 1 saturated carbocycles. The van der Waals surface area contributed by atoms with E-state index in [9.17, 15) is 4.79 Å². The van der Waals surface area contributed by atoms with Crippen LogP contribution in [0.2, 0.25) is 0 Å². The third kappa shape index (κ3) is 3.10. The molecule has 3 unspecified atom stereocenters. The van der Waals surface area contributed by atoms with Crippen molar-refractivity contribution in [3.8, 4) is 0 Å². The second-order valence-corrected chi connectivity index (χ2v) is 6.34. The van der Waals surface area contributed by atoms with Crippen molar-refractivity contribution in [3.63, 3.8) is 0 Å². The lowest BCUT2D eigenvalue weighted by molar-refractivity contribution is -0.121. The van der Waals surface area contributed by atoms with Crippen LogP contribution < -0.4 is 11.1 Å². The summed E-state index contributed by atoms with van der Waals surface area (Å²) < 4.78 is 0. The van der Waals surface area contributed by atoms with Gasteiger partial charge in [-0.25, -0.2) is 0 Å². The minimum Gasteiger partial charge on any atom is -0.409 e. The maximum atomic E-state index is 12.1. The zero-order chi connectivity index (χ0) is 13.0. The molecule has 1 heterocycles. The summed E-state index contributed by atoms with van der Waals surface area (Å²) in [5.74, 6) is 1.44. The molecule has 3 atom stereocenters. The predicted octanol–water partition coefficient (Wildman–Crippen LogP) is 1.30. The van der Waals surface area contributed by atoms with E-state index in [1.165, 1.54) is 6.42 Å². The van der Waals surface area contributed by atoms with Crippen LogP contribution >= 0.6 is 11.8 Å². The molecular formula is C12H21N3O2S. The lowest BCUT2D eigenvalue weighted by atomic mass is 10.0. The van der Waals surface area contributed by atoms with Gasteiger partial charge in [0, 0.05) is 12.0 Å². The smallest absolute Gasteiger partial charge is 0.233 e. The summed E-state index contributed by atoms with van der Waals surface area (Å²) in [6.07, 6.45) is 6.15. The summed E-state index contributed by atoms with van der Waals surface area (Å²) in [6, 6.07) is 0.0379. The standard InChI is InChI=1S/C12H21N3O2S/c13-11(15-17)8-4-3-5-9(8)14-12(16)10-6-1-2-7-18-10/h8-10,17H,1-7H2,(H2,13,15)(H,14,16). The highest BCUT2D eigenvalue weighted by atomic mass is 32.2. The molecule has 2 fully saturated rings. The Morgan fingerprint density at radius 1 is 1.28 bits per heavy atom. The van der Waals surface area contributed by atoms with E-state index in [0.29, 0.717) is 0 Å². The highest BCUT2D eigenvalue weighted by Gasteiger charge is 2.33. The van der Waals surface area contributed by atoms with Gasteiger partial charge in [0.05, 0.1) is 5.25 Å². The number of hydrogen-bond donors (Lipinski definition) is 3. The first-order valence-electron chi connectivity index (χ1n) is 6.61. The van der Waals surface area contributed by atoms with Crippen molar-refractivity contribution in [2.45, 2.75) is 49.8 Å². The summed E-state index contributed by atoms with van der Waals surface area (Å²) in [6.45, 7) is 0. The van der Waals surface area contributed by atoms with Gasteiger partial charge in [0.25, 0.3) is 0 Å². The van der Waals surface area contributed by atoms with Crippen LogP contribution in [0.5, 0.6) is 0 Å². The van der Waals surface area contributed by atoms with Gasteiger partial charge in [-0.3, -0.25) is 4.79 Å². The van der Waals surface area contributed by atoms with E-state index in [2.05, 4.69) is 10.5 Å². The Morgan fingerprint density at radius 2 is 2.11 bits per heavy atom. The topological polar surface area (TPSA) is 87.7 Å². The number of amidine groups is 1. The van der Waals surface area contributed by atoms with Crippen molar-refractivity contribution in [2.75, 3.05) is 5.75 Å². The number of nitrogens with zero attached hydrogens (tertiary/aromatic N) is 1. The van der Waals surface area contributed by atoms with Crippen molar-refractivity contribution in [1.82, 2.24) is 5.32 Å². The molecule has 0 bridgehead atoms. The van der Waals surface area contributed by atoms with E-state index in [4.69, 9.17) is 10.9 Å². The normalized spacial score (nSPS) is 33.3. The van der Waals surface area contributed by atoms with Crippen LogP contribution in [0.3, 0.4) is 0 Å². The Bertz CT molecular complexity index is 329. The van der Waals surface area contributed by atoms with Crippen molar-refractivity contribution in [2.24, 2.45) is 16.8 Å². The summed E-state index contributed by atoms with van der Waals surface area (Å²) in [5.41, 5.74) is 5.67. The number of nitrogens with two attached hydrogens (primary N) is 1. The average molecular weight is 271 g/mol. The summed E-state index contributed by atoms with van der Waals surface area (Å²) >= 11 is 1.75. The van der Waals surface area contributed by atoms with Gasteiger partial charge in [-0.15, -0.1) is 11.8 Å². The number of amides is 1. The first-order valence-corrected chi connectivity index (χ1v) is 7.66. The molecule has 6 heteroatoms. The maximum Gasteiger partial charge on any atom is 0.233 e. The molecule has 0 spiro atoms. The van der Waals surface area contributed by atoms with Gasteiger partial charge in [-0.05, 0) is 31.4 Å². The van der Waals surface area contributed by atoms with Crippen LogP contribution in [-0.4, -0.2) is 34.0 Å². The molecule has 0 aromatic carbocycles. The van der Waals surface area contributed by atoms with Crippen LogP contribution in [0.15, 0.2) is 5.16 Å². The third-order valence-corrected chi connectivity index (χ3v) is 5.19. The molecule has 1 saturated heterocycles. The van der Waals surface area contributed by atoms with Crippen molar-refractivity contribution < 1.29 is 10.0 Å². The molecule has 1 amide bonds. The van der Waals surface area contributed by atoms with E-state index in [1.54, 1.807) is 11.8 Å². The van der Waals surface area contributed by atoms with Crippen LogP contribution in [0.1, 0.15) is 38.5 Å². The molecule has 0 aromatic rings. The maximum absolute atomic E-state index is 12.1. The van der Waals surface area contributed by atoms with E-state index >= 15 is 0 Å². The zero-order valence-electron chi connectivity index (χ0n) is 10.5. The Hall–Kier alpha value is -0.910. The van der Waals surface area contributed by atoms with E-state index < -0.39 is 0 Å². The molecule has 4 N–H and O–H groups in total. The number of rotatable bonds is 3. The van der Waals surface area contributed by atoms with Gasteiger partial charge in [0.15, 0.2) is 0 Å². The molecule has 18 heavy (non-hydrogen) atoms. The van der Waals surface area contributed by atoms with Gasteiger partial charge < -0.3 is 16.3 Å². The highest BCUT2D eigenvalue weighted by molar-refractivity contribution is 8.00. The van der Waals surface area contributed by atoms with Gasteiger partial charge in [0.1, 0.15) is 5.84 Å². The summed E-state index contributed by atoms with van der Waals surface area (Å²) in [5, 5.41) is 15.0. The molecule has 0 aromatic heterocycles. The number of oxime groups is 1. The zero-order valence-corrected chi connectivity index (χ0v) is 11.3.